The Morgan fingerprint density at radius 2 is 1.79 bits per heavy atom. The van der Waals surface area contributed by atoms with Crippen LogP contribution in [0, 0.1) is 12.7 Å². The van der Waals surface area contributed by atoms with E-state index < -0.39 is 15.8 Å². The monoisotopic (exact) mass is 422 g/mol. The summed E-state index contributed by atoms with van der Waals surface area (Å²) in [5.41, 5.74) is 2.38. The fourth-order valence-corrected chi connectivity index (χ4v) is 5.43. The van der Waals surface area contributed by atoms with Crippen LogP contribution in [0.4, 0.5) is 4.39 Å². The van der Waals surface area contributed by atoms with Gasteiger partial charge >= 0.3 is 0 Å². The van der Waals surface area contributed by atoms with Crippen LogP contribution in [0.5, 0.6) is 0 Å². The number of rotatable bonds is 6. The summed E-state index contributed by atoms with van der Waals surface area (Å²) in [5, 5.41) is 0. The Morgan fingerprint density at radius 1 is 1.07 bits per heavy atom. The van der Waals surface area contributed by atoms with Crippen LogP contribution in [0.3, 0.4) is 0 Å². The summed E-state index contributed by atoms with van der Waals surface area (Å²) < 4.78 is 39.9. The minimum absolute atomic E-state index is 0.0143. The van der Waals surface area contributed by atoms with E-state index in [9.17, 15) is 17.6 Å². The van der Waals surface area contributed by atoms with Crippen LogP contribution in [0.2, 0.25) is 0 Å². The summed E-state index contributed by atoms with van der Waals surface area (Å²) >= 11 is 1.56. The van der Waals surface area contributed by atoms with Crippen molar-refractivity contribution in [3.8, 4) is 0 Å². The van der Waals surface area contributed by atoms with Gasteiger partial charge in [0.1, 0.15) is 5.82 Å². The summed E-state index contributed by atoms with van der Waals surface area (Å²) in [4.78, 5) is 14.1. The quantitative estimate of drug-likeness (QED) is 0.718. The summed E-state index contributed by atoms with van der Waals surface area (Å²) in [6.07, 6.45) is 0. The molecule has 0 aliphatic carbocycles. The van der Waals surface area contributed by atoms with Crippen LogP contribution in [-0.4, -0.2) is 55.5 Å². The zero-order chi connectivity index (χ0) is 20.1. The summed E-state index contributed by atoms with van der Waals surface area (Å²) in [6.45, 7) is 3.16. The highest BCUT2D eigenvalue weighted by Crippen LogP contribution is 2.19. The molecular formula is C20H23FN2O3S2. The van der Waals surface area contributed by atoms with Gasteiger partial charge in [-0.3, -0.25) is 4.79 Å². The van der Waals surface area contributed by atoms with E-state index in [1.807, 2.05) is 25.1 Å². The Hall–Kier alpha value is -1.90. The Bertz CT molecular complexity index is 942. The summed E-state index contributed by atoms with van der Waals surface area (Å²) in [7, 11) is -3.74. The van der Waals surface area contributed by atoms with Gasteiger partial charge < -0.3 is 4.90 Å². The van der Waals surface area contributed by atoms with Gasteiger partial charge in [0.2, 0.25) is 15.9 Å². The van der Waals surface area contributed by atoms with E-state index >= 15 is 0 Å². The van der Waals surface area contributed by atoms with Crippen LogP contribution in [-0.2, 0) is 20.6 Å². The minimum Gasteiger partial charge on any atom is -0.339 e. The summed E-state index contributed by atoms with van der Waals surface area (Å²) in [5.74, 6) is 0.562. The zero-order valence-electron chi connectivity index (χ0n) is 15.7. The highest BCUT2D eigenvalue weighted by molar-refractivity contribution is 7.99. The zero-order valence-corrected chi connectivity index (χ0v) is 17.3. The predicted molar refractivity (Wildman–Crippen MR) is 109 cm³/mol. The first-order valence-corrected chi connectivity index (χ1v) is 11.6. The fraction of sp³-hybridized carbons (Fsp3) is 0.350. The number of aryl methyl sites for hydroxylation is 1. The maximum atomic E-state index is 13.4. The number of hydrogen-bond acceptors (Lipinski definition) is 4. The Morgan fingerprint density at radius 3 is 2.46 bits per heavy atom. The van der Waals surface area contributed by atoms with Gasteiger partial charge in [-0.1, -0.05) is 35.9 Å². The lowest BCUT2D eigenvalue weighted by Gasteiger charge is -2.34. The maximum Gasteiger partial charge on any atom is 0.243 e. The lowest BCUT2D eigenvalue weighted by atomic mass is 10.2. The number of carbonyl (C=O) groups is 1. The highest BCUT2D eigenvalue weighted by Gasteiger charge is 2.30. The van der Waals surface area contributed by atoms with E-state index in [1.54, 1.807) is 16.7 Å². The number of carbonyl (C=O) groups excluding carboxylic acids is 1. The molecule has 5 nitrogen and oxygen atoms in total. The standard InChI is InChI=1S/C20H23FN2O3S2/c1-16-4-2-5-17(12-16)14-27-15-20(24)22-8-10-23(11-9-22)28(25,26)19-7-3-6-18(21)13-19/h2-7,12-13H,8-11,14-15H2,1H3. The molecule has 1 heterocycles. The van der Waals surface area contributed by atoms with Gasteiger partial charge in [0.05, 0.1) is 10.6 Å². The second-order valence-corrected chi connectivity index (χ2v) is 9.65. The molecule has 1 aliphatic rings. The van der Waals surface area contributed by atoms with Crippen molar-refractivity contribution >= 4 is 27.7 Å². The Balaban J connectivity index is 1.50. The van der Waals surface area contributed by atoms with Crippen molar-refractivity contribution in [3.05, 3.63) is 65.5 Å². The molecule has 1 aliphatic heterocycles. The number of hydrogen-bond donors (Lipinski definition) is 0. The molecule has 0 aromatic heterocycles. The number of halogens is 1. The SMILES string of the molecule is Cc1cccc(CSCC(=O)N2CCN(S(=O)(=O)c3cccc(F)c3)CC2)c1. The fourth-order valence-electron chi connectivity index (χ4n) is 3.10. The molecule has 0 saturated carbocycles. The van der Waals surface area contributed by atoms with Gasteiger partial charge in [0, 0.05) is 31.9 Å². The molecule has 2 aromatic rings. The third kappa shape index (κ3) is 5.12. The molecule has 0 atom stereocenters. The molecule has 1 saturated heterocycles. The van der Waals surface area contributed by atoms with Gasteiger partial charge in [-0.05, 0) is 30.7 Å². The van der Waals surface area contributed by atoms with Gasteiger partial charge in [-0.15, -0.1) is 11.8 Å². The van der Waals surface area contributed by atoms with E-state index in [4.69, 9.17) is 0 Å². The Kier molecular flexibility index (Phi) is 6.74. The smallest absolute Gasteiger partial charge is 0.243 e. The predicted octanol–water partition coefficient (Wildman–Crippen LogP) is 2.90. The largest absolute Gasteiger partial charge is 0.339 e. The Labute approximate surface area is 169 Å². The van der Waals surface area contributed by atoms with E-state index in [-0.39, 0.29) is 23.9 Å². The number of thioether (sulfide) groups is 1. The van der Waals surface area contributed by atoms with Crippen LogP contribution in [0.1, 0.15) is 11.1 Å². The van der Waals surface area contributed by atoms with E-state index in [0.717, 1.165) is 11.8 Å². The van der Waals surface area contributed by atoms with Crippen molar-refractivity contribution < 1.29 is 17.6 Å². The lowest BCUT2D eigenvalue weighted by Crippen LogP contribution is -2.51. The van der Waals surface area contributed by atoms with Gasteiger partial charge in [-0.25, -0.2) is 12.8 Å². The van der Waals surface area contributed by atoms with Crippen LogP contribution < -0.4 is 0 Å². The van der Waals surface area contributed by atoms with Gasteiger partial charge in [0.25, 0.3) is 0 Å². The van der Waals surface area contributed by atoms with Crippen molar-refractivity contribution in [1.29, 1.82) is 0 Å². The van der Waals surface area contributed by atoms with Crippen molar-refractivity contribution in [2.24, 2.45) is 0 Å². The highest BCUT2D eigenvalue weighted by atomic mass is 32.2. The van der Waals surface area contributed by atoms with E-state index in [2.05, 4.69) is 6.07 Å². The van der Waals surface area contributed by atoms with Gasteiger partial charge in [-0.2, -0.15) is 4.31 Å². The molecular weight excluding hydrogens is 399 g/mol. The first-order chi connectivity index (χ1) is 13.4. The molecule has 0 N–H and O–H groups in total. The van der Waals surface area contributed by atoms with Crippen LogP contribution in [0.25, 0.3) is 0 Å². The van der Waals surface area contributed by atoms with E-state index in [1.165, 1.54) is 33.6 Å². The second-order valence-electron chi connectivity index (χ2n) is 6.72. The molecule has 8 heteroatoms. The number of nitrogens with zero attached hydrogens (tertiary/aromatic N) is 2. The first-order valence-electron chi connectivity index (χ1n) is 9.03. The number of benzene rings is 2. The minimum atomic E-state index is -3.74. The van der Waals surface area contributed by atoms with Crippen molar-refractivity contribution in [1.82, 2.24) is 9.21 Å². The van der Waals surface area contributed by atoms with Crippen LogP contribution >= 0.6 is 11.8 Å². The van der Waals surface area contributed by atoms with Crippen molar-refractivity contribution in [2.45, 2.75) is 17.6 Å². The third-order valence-electron chi connectivity index (χ3n) is 4.60. The molecule has 150 valence electrons. The molecule has 1 fully saturated rings. The number of piperazine rings is 1. The number of sulfonamides is 1. The van der Waals surface area contributed by atoms with Crippen molar-refractivity contribution in [2.75, 3.05) is 31.9 Å². The molecule has 3 rings (SSSR count). The number of amides is 1. The van der Waals surface area contributed by atoms with Gasteiger partial charge in [0.15, 0.2) is 0 Å². The third-order valence-corrected chi connectivity index (χ3v) is 7.49. The normalized spacial score (nSPS) is 15.6. The van der Waals surface area contributed by atoms with E-state index in [0.29, 0.717) is 18.8 Å². The molecule has 0 bridgehead atoms. The average Bonchev–Trinajstić information content (AvgIpc) is 2.68. The maximum absolute atomic E-state index is 13.4. The van der Waals surface area contributed by atoms with Crippen molar-refractivity contribution in [3.63, 3.8) is 0 Å². The molecule has 1 amide bonds. The molecule has 0 radical (unpaired) electrons. The average molecular weight is 423 g/mol. The first kappa shape index (κ1) is 20.8. The lowest BCUT2D eigenvalue weighted by molar-refractivity contribution is -0.129. The molecule has 2 aromatic carbocycles. The molecule has 0 unspecified atom stereocenters. The second kappa shape index (κ2) is 9.07. The van der Waals surface area contributed by atoms with Crippen LogP contribution in [0.15, 0.2) is 53.4 Å². The topological polar surface area (TPSA) is 57.7 Å². The molecule has 0 spiro atoms. The molecule has 28 heavy (non-hydrogen) atoms. The summed E-state index contributed by atoms with van der Waals surface area (Å²) in [6, 6.07) is 13.2.